The van der Waals surface area contributed by atoms with E-state index in [1.807, 2.05) is 50.3 Å². The van der Waals surface area contributed by atoms with Gasteiger partial charge in [-0.2, -0.15) is 0 Å². The van der Waals surface area contributed by atoms with Crippen molar-refractivity contribution < 1.29 is 9.53 Å². The minimum absolute atomic E-state index is 0.0180. The first-order valence-corrected chi connectivity index (χ1v) is 5.29. The molecule has 1 aliphatic heterocycles. The van der Waals surface area contributed by atoms with Gasteiger partial charge in [-0.25, -0.2) is 0 Å². The highest BCUT2D eigenvalue weighted by Gasteiger charge is 2.33. The van der Waals surface area contributed by atoms with Gasteiger partial charge in [0.2, 0.25) is 5.91 Å². The predicted molar refractivity (Wildman–Crippen MR) is 61.2 cm³/mol. The molecule has 0 spiro atoms. The van der Waals surface area contributed by atoms with Crippen LogP contribution >= 0.6 is 0 Å². The lowest BCUT2D eigenvalue weighted by Gasteiger charge is -2.08. The number of ether oxygens (including phenoxy) is 1. The van der Waals surface area contributed by atoms with Crippen molar-refractivity contribution in [3.8, 4) is 0 Å². The van der Waals surface area contributed by atoms with Gasteiger partial charge in [0.15, 0.2) is 5.88 Å². The average Bonchev–Trinajstić information content (AvgIpc) is 2.52. The molecule has 2 rings (SSSR count). The first kappa shape index (κ1) is 10.7. The number of hydrogen-bond donors (Lipinski definition) is 1. The van der Waals surface area contributed by atoms with Crippen LogP contribution in [0.25, 0.3) is 0 Å². The molecule has 0 saturated carbocycles. The van der Waals surface area contributed by atoms with Crippen LogP contribution in [-0.4, -0.2) is 5.91 Å². The molecule has 1 aromatic carbocycles. The van der Waals surface area contributed by atoms with Gasteiger partial charge in [-0.1, -0.05) is 30.3 Å². The van der Waals surface area contributed by atoms with Crippen LogP contribution in [-0.2, 0) is 16.1 Å². The molecule has 1 amide bonds. The molecule has 0 aromatic heterocycles. The Morgan fingerprint density at radius 1 is 1.25 bits per heavy atom. The van der Waals surface area contributed by atoms with E-state index >= 15 is 0 Å². The molecule has 0 saturated heterocycles. The van der Waals surface area contributed by atoms with E-state index in [-0.39, 0.29) is 5.91 Å². The number of rotatable bonds is 3. The highest BCUT2D eigenvalue weighted by molar-refractivity contribution is 5.87. The number of amides is 1. The summed E-state index contributed by atoms with van der Waals surface area (Å²) >= 11 is 0. The van der Waals surface area contributed by atoms with Gasteiger partial charge in [0.25, 0.3) is 0 Å². The lowest BCUT2D eigenvalue weighted by Crippen LogP contribution is -2.27. The van der Waals surface area contributed by atoms with E-state index in [1.54, 1.807) is 0 Å². The zero-order valence-corrected chi connectivity index (χ0v) is 9.49. The normalized spacial score (nSPS) is 17.9. The molecule has 3 heteroatoms. The van der Waals surface area contributed by atoms with Gasteiger partial charge in [-0.05, 0) is 25.5 Å². The van der Waals surface area contributed by atoms with Crippen LogP contribution in [0, 0.1) is 5.41 Å². The molecule has 0 radical (unpaired) electrons. The Labute approximate surface area is 95.1 Å². The minimum atomic E-state index is -0.466. The predicted octanol–water partition coefficient (Wildman–Crippen LogP) is 2.20. The van der Waals surface area contributed by atoms with Crippen molar-refractivity contribution in [1.82, 2.24) is 5.32 Å². The molecule has 0 aliphatic carbocycles. The topological polar surface area (TPSA) is 38.3 Å². The molecule has 0 unspecified atom stereocenters. The average molecular weight is 217 g/mol. The molecule has 0 atom stereocenters. The van der Waals surface area contributed by atoms with E-state index in [4.69, 9.17) is 4.74 Å². The van der Waals surface area contributed by atoms with E-state index < -0.39 is 5.41 Å². The molecule has 0 bridgehead atoms. The molecule has 1 aromatic rings. The second kappa shape index (κ2) is 4.00. The third-order valence-electron chi connectivity index (χ3n) is 2.55. The fraction of sp³-hybridized carbons (Fsp3) is 0.308. The number of benzene rings is 1. The van der Waals surface area contributed by atoms with E-state index in [0.717, 1.165) is 5.56 Å². The van der Waals surface area contributed by atoms with Crippen LogP contribution in [0.2, 0.25) is 0 Å². The Hall–Kier alpha value is -1.77. The second-order valence-corrected chi connectivity index (χ2v) is 4.46. The quantitative estimate of drug-likeness (QED) is 0.843. The SMILES string of the molecule is CC1(C)C=C(OCc2ccccc2)NC1=O. The molecular weight excluding hydrogens is 202 g/mol. The second-order valence-electron chi connectivity index (χ2n) is 4.46. The van der Waals surface area contributed by atoms with Crippen molar-refractivity contribution in [3.63, 3.8) is 0 Å². The van der Waals surface area contributed by atoms with Gasteiger partial charge < -0.3 is 4.74 Å². The molecular formula is C13H15NO2. The highest BCUT2D eigenvalue weighted by Crippen LogP contribution is 2.25. The molecule has 3 nitrogen and oxygen atoms in total. The zero-order valence-electron chi connectivity index (χ0n) is 9.49. The molecule has 0 fully saturated rings. The van der Waals surface area contributed by atoms with E-state index in [1.165, 1.54) is 0 Å². The third kappa shape index (κ3) is 2.24. The Bertz CT molecular complexity index is 421. The van der Waals surface area contributed by atoms with Crippen LogP contribution in [0.3, 0.4) is 0 Å². The largest absolute Gasteiger partial charge is 0.474 e. The number of hydrogen-bond acceptors (Lipinski definition) is 2. The number of carbonyl (C=O) groups is 1. The van der Waals surface area contributed by atoms with Gasteiger partial charge in [0, 0.05) is 0 Å². The summed E-state index contributed by atoms with van der Waals surface area (Å²) in [5.41, 5.74) is 0.619. The van der Waals surface area contributed by atoms with Crippen LogP contribution in [0.5, 0.6) is 0 Å². The summed E-state index contributed by atoms with van der Waals surface area (Å²) in [6.07, 6.45) is 1.82. The summed E-state index contributed by atoms with van der Waals surface area (Å²) in [6.45, 7) is 4.20. The number of nitrogens with one attached hydrogen (secondary N) is 1. The van der Waals surface area contributed by atoms with Crippen molar-refractivity contribution in [2.45, 2.75) is 20.5 Å². The Kier molecular flexibility index (Phi) is 2.69. The van der Waals surface area contributed by atoms with E-state index in [9.17, 15) is 4.79 Å². The Morgan fingerprint density at radius 3 is 2.50 bits per heavy atom. The zero-order chi connectivity index (χ0) is 11.6. The van der Waals surface area contributed by atoms with E-state index in [0.29, 0.717) is 12.5 Å². The molecule has 16 heavy (non-hydrogen) atoms. The summed E-state index contributed by atoms with van der Waals surface area (Å²) in [5, 5.41) is 2.71. The number of carbonyl (C=O) groups excluding carboxylic acids is 1. The summed E-state index contributed by atoms with van der Waals surface area (Å²) in [7, 11) is 0. The van der Waals surface area contributed by atoms with Crippen LogP contribution in [0.1, 0.15) is 19.4 Å². The molecule has 1 N–H and O–H groups in total. The summed E-state index contributed by atoms with van der Waals surface area (Å²) in [4.78, 5) is 11.5. The maximum Gasteiger partial charge on any atom is 0.236 e. The van der Waals surface area contributed by atoms with Crippen LogP contribution in [0.15, 0.2) is 42.3 Å². The van der Waals surface area contributed by atoms with Crippen molar-refractivity contribution >= 4 is 5.91 Å². The highest BCUT2D eigenvalue weighted by atomic mass is 16.5. The van der Waals surface area contributed by atoms with Gasteiger partial charge in [-0.3, -0.25) is 10.1 Å². The monoisotopic (exact) mass is 217 g/mol. The Balaban J connectivity index is 1.96. The van der Waals surface area contributed by atoms with E-state index in [2.05, 4.69) is 5.32 Å². The maximum atomic E-state index is 11.5. The fourth-order valence-electron chi connectivity index (χ4n) is 1.52. The smallest absolute Gasteiger partial charge is 0.236 e. The van der Waals surface area contributed by atoms with Crippen molar-refractivity contribution in [3.05, 3.63) is 47.9 Å². The van der Waals surface area contributed by atoms with Crippen LogP contribution in [0.4, 0.5) is 0 Å². The van der Waals surface area contributed by atoms with Gasteiger partial charge >= 0.3 is 0 Å². The van der Waals surface area contributed by atoms with Crippen molar-refractivity contribution in [2.75, 3.05) is 0 Å². The summed E-state index contributed by atoms with van der Waals surface area (Å²) in [6, 6.07) is 9.86. The fourth-order valence-corrected chi connectivity index (χ4v) is 1.52. The molecule has 1 aliphatic rings. The Morgan fingerprint density at radius 2 is 1.94 bits per heavy atom. The van der Waals surface area contributed by atoms with Crippen LogP contribution < -0.4 is 5.32 Å². The lowest BCUT2D eigenvalue weighted by atomic mass is 9.95. The maximum absolute atomic E-state index is 11.5. The first-order valence-electron chi connectivity index (χ1n) is 5.29. The van der Waals surface area contributed by atoms with Crippen molar-refractivity contribution in [1.29, 1.82) is 0 Å². The summed E-state index contributed by atoms with van der Waals surface area (Å²) < 4.78 is 5.52. The molecule has 84 valence electrons. The van der Waals surface area contributed by atoms with Crippen molar-refractivity contribution in [2.24, 2.45) is 5.41 Å². The summed E-state index contributed by atoms with van der Waals surface area (Å²) in [5.74, 6) is 0.536. The standard InChI is InChI=1S/C13H15NO2/c1-13(2)8-11(14-12(13)15)16-9-10-6-4-3-5-7-10/h3-8H,9H2,1-2H3,(H,14,15). The van der Waals surface area contributed by atoms with Gasteiger partial charge in [-0.15, -0.1) is 0 Å². The van der Waals surface area contributed by atoms with Gasteiger partial charge in [0.1, 0.15) is 6.61 Å². The van der Waals surface area contributed by atoms with Gasteiger partial charge in [0.05, 0.1) is 5.41 Å². The third-order valence-corrected chi connectivity index (χ3v) is 2.55. The first-order chi connectivity index (χ1) is 7.58. The minimum Gasteiger partial charge on any atom is -0.474 e. The lowest BCUT2D eigenvalue weighted by molar-refractivity contribution is -0.125. The molecule has 1 heterocycles.